The lowest BCUT2D eigenvalue weighted by Crippen LogP contribution is -2.29. The Balaban J connectivity index is 1.75. The molecule has 0 radical (unpaired) electrons. The molecule has 1 fully saturated rings. The van der Waals surface area contributed by atoms with Gasteiger partial charge >= 0.3 is 0 Å². The second-order valence-electron chi connectivity index (χ2n) is 7.72. The Hall–Kier alpha value is -3.58. The zero-order chi connectivity index (χ0) is 22.4. The molecule has 1 atom stereocenters. The molecule has 0 saturated carbocycles. The number of halogens is 1. The molecule has 6 nitrogen and oxygen atoms in total. The van der Waals surface area contributed by atoms with Crippen molar-refractivity contribution in [1.29, 1.82) is 0 Å². The van der Waals surface area contributed by atoms with Gasteiger partial charge in [-0.2, -0.15) is 0 Å². The van der Waals surface area contributed by atoms with Gasteiger partial charge in [0.2, 0.25) is 0 Å². The minimum absolute atomic E-state index is 0.0664. The summed E-state index contributed by atoms with van der Waals surface area (Å²) in [5, 5.41) is 12.1. The number of aliphatic hydroxyl groups excluding tert-OH is 1. The van der Waals surface area contributed by atoms with Gasteiger partial charge in [-0.15, -0.1) is 0 Å². The summed E-state index contributed by atoms with van der Waals surface area (Å²) in [6.07, 6.45) is 1.53. The molecule has 0 spiro atoms. The van der Waals surface area contributed by atoms with Gasteiger partial charge in [0.15, 0.2) is 0 Å². The number of benzene rings is 2. The van der Waals surface area contributed by atoms with Gasteiger partial charge in [-0.25, -0.2) is 0 Å². The number of carbonyl (C=O) groups is 2. The smallest absolute Gasteiger partial charge is 0.296 e. The highest BCUT2D eigenvalue weighted by Crippen LogP contribution is 2.44. The van der Waals surface area contributed by atoms with Crippen LogP contribution >= 0.6 is 15.9 Å². The second kappa shape index (κ2) is 7.84. The van der Waals surface area contributed by atoms with Crippen molar-refractivity contribution in [3.05, 3.63) is 99.6 Å². The monoisotopic (exact) mass is 490 g/mol. The Labute approximate surface area is 192 Å². The van der Waals surface area contributed by atoms with Crippen LogP contribution in [-0.4, -0.2) is 26.7 Å². The number of furan rings is 1. The van der Waals surface area contributed by atoms with Crippen LogP contribution in [0.2, 0.25) is 0 Å². The molecule has 0 bridgehead atoms. The topological polar surface area (TPSA) is 86.5 Å². The molecule has 1 unspecified atom stereocenters. The van der Waals surface area contributed by atoms with Gasteiger partial charge in [0.25, 0.3) is 11.7 Å². The van der Waals surface area contributed by atoms with E-state index in [0.717, 1.165) is 26.6 Å². The van der Waals surface area contributed by atoms with Gasteiger partial charge < -0.3 is 19.4 Å². The number of Topliss-reactive ketones (excluding diaryl/α,β-unsaturated/α-hetero) is 1. The van der Waals surface area contributed by atoms with Crippen LogP contribution in [0.5, 0.6) is 0 Å². The number of nitrogens with zero attached hydrogens (tertiary/aromatic N) is 1. The molecule has 1 saturated heterocycles. The fourth-order valence-corrected chi connectivity index (χ4v) is 4.59. The third kappa shape index (κ3) is 3.26. The second-order valence-corrected chi connectivity index (χ2v) is 8.64. The summed E-state index contributed by atoms with van der Waals surface area (Å²) < 4.78 is 6.30. The first kappa shape index (κ1) is 20.3. The summed E-state index contributed by atoms with van der Waals surface area (Å²) in [5.41, 5.74) is 3.03. The third-order valence-electron chi connectivity index (χ3n) is 5.78. The van der Waals surface area contributed by atoms with Crippen molar-refractivity contribution in [2.75, 3.05) is 0 Å². The van der Waals surface area contributed by atoms with Crippen LogP contribution in [0, 0.1) is 6.92 Å². The van der Waals surface area contributed by atoms with Gasteiger partial charge in [0.05, 0.1) is 24.4 Å². The van der Waals surface area contributed by atoms with E-state index in [0.29, 0.717) is 11.3 Å². The molecule has 4 aromatic rings. The number of aromatic amines is 1. The minimum Gasteiger partial charge on any atom is -0.507 e. The molecule has 2 aromatic heterocycles. The molecule has 32 heavy (non-hydrogen) atoms. The number of likely N-dealkylation sites (tertiary alicyclic amines) is 1. The minimum atomic E-state index is -0.764. The number of aryl methyl sites for hydroxylation is 1. The number of para-hydroxylation sites is 1. The maximum atomic E-state index is 13.2. The number of ketones is 1. The SMILES string of the molecule is Cc1[nH]c2ccccc2c1C1/C(=C(\O)c2ccc(Br)cc2)C(=O)C(=O)N1Cc1ccco1. The van der Waals surface area contributed by atoms with Crippen LogP contribution in [-0.2, 0) is 16.1 Å². The largest absolute Gasteiger partial charge is 0.507 e. The molecule has 2 aromatic carbocycles. The van der Waals surface area contributed by atoms with E-state index >= 15 is 0 Å². The molecular formula is C25H19BrN2O4. The fraction of sp³-hybridized carbons (Fsp3) is 0.120. The number of aromatic nitrogens is 1. The Kier molecular flexibility index (Phi) is 4.98. The van der Waals surface area contributed by atoms with Crippen molar-refractivity contribution < 1.29 is 19.1 Å². The summed E-state index contributed by atoms with van der Waals surface area (Å²) in [7, 11) is 0. The standard InChI is InChI=1S/C25H19BrN2O4/c1-14-20(18-6-2-3-7-19(18)27-14)22-21(23(29)15-8-10-16(26)11-9-15)24(30)25(31)28(22)13-17-5-4-12-32-17/h2-12,22,27,29H,13H2,1H3/b23-21+. The quantitative estimate of drug-likeness (QED) is 0.226. The Morgan fingerprint density at radius 3 is 2.56 bits per heavy atom. The van der Waals surface area contributed by atoms with Crippen molar-refractivity contribution in [2.24, 2.45) is 0 Å². The van der Waals surface area contributed by atoms with E-state index in [-0.39, 0.29) is 17.9 Å². The fourth-order valence-electron chi connectivity index (χ4n) is 4.33. The average Bonchev–Trinajstić information content (AvgIpc) is 3.47. The maximum absolute atomic E-state index is 13.2. The summed E-state index contributed by atoms with van der Waals surface area (Å²) in [5.74, 6) is -1.04. The highest BCUT2D eigenvalue weighted by Gasteiger charge is 2.47. The molecule has 7 heteroatoms. The maximum Gasteiger partial charge on any atom is 0.296 e. The molecule has 1 amide bonds. The number of amides is 1. The van der Waals surface area contributed by atoms with E-state index in [1.54, 1.807) is 36.4 Å². The number of rotatable bonds is 4. The summed E-state index contributed by atoms with van der Waals surface area (Å²) in [6.45, 7) is 2.01. The first-order chi connectivity index (χ1) is 15.5. The molecule has 0 aliphatic carbocycles. The van der Waals surface area contributed by atoms with Gasteiger partial charge in [-0.1, -0.05) is 46.3 Å². The predicted octanol–water partition coefficient (Wildman–Crippen LogP) is 5.45. The van der Waals surface area contributed by atoms with E-state index in [4.69, 9.17) is 4.42 Å². The number of carbonyl (C=O) groups excluding carboxylic acids is 2. The molecule has 2 N–H and O–H groups in total. The van der Waals surface area contributed by atoms with Crippen LogP contribution in [0.3, 0.4) is 0 Å². The molecule has 1 aliphatic heterocycles. The van der Waals surface area contributed by atoms with Gasteiger partial charge in [0.1, 0.15) is 11.5 Å². The Morgan fingerprint density at radius 1 is 1.09 bits per heavy atom. The van der Waals surface area contributed by atoms with E-state index in [1.165, 1.54) is 11.2 Å². The summed E-state index contributed by atoms with van der Waals surface area (Å²) >= 11 is 3.38. The van der Waals surface area contributed by atoms with Gasteiger partial charge in [-0.05, 0) is 37.3 Å². The van der Waals surface area contributed by atoms with E-state index in [9.17, 15) is 14.7 Å². The van der Waals surface area contributed by atoms with Gasteiger partial charge in [0, 0.05) is 32.2 Å². The molecule has 5 rings (SSSR count). The van der Waals surface area contributed by atoms with Crippen LogP contribution in [0.15, 0.2) is 81.4 Å². The Morgan fingerprint density at radius 2 is 1.84 bits per heavy atom. The van der Waals surface area contributed by atoms with Crippen molar-refractivity contribution in [2.45, 2.75) is 19.5 Å². The Bertz CT molecular complexity index is 1370. The molecular weight excluding hydrogens is 472 g/mol. The number of H-pyrrole nitrogens is 1. The molecule has 160 valence electrons. The van der Waals surface area contributed by atoms with Crippen molar-refractivity contribution >= 4 is 44.3 Å². The van der Waals surface area contributed by atoms with E-state index in [2.05, 4.69) is 20.9 Å². The first-order valence-corrected chi connectivity index (χ1v) is 10.9. The highest BCUT2D eigenvalue weighted by atomic mass is 79.9. The lowest BCUT2D eigenvalue weighted by molar-refractivity contribution is -0.140. The zero-order valence-corrected chi connectivity index (χ0v) is 18.7. The van der Waals surface area contributed by atoms with Gasteiger partial charge in [-0.3, -0.25) is 9.59 Å². The normalized spacial score (nSPS) is 18.1. The lowest BCUT2D eigenvalue weighted by atomic mass is 9.93. The van der Waals surface area contributed by atoms with Crippen molar-refractivity contribution in [3.8, 4) is 0 Å². The number of aliphatic hydroxyl groups is 1. The van der Waals surface area contributed by atoms with Crippen molar-refractivity contribution in [1.82, 2.24) is 9.88 Å². The number of hydrogen-bond acceptors (Lipinski definition) is 4. The average molecular weight is 491 g/mol. The van der Waals surface area contributed by atoms with Crippen LogP contribution in [0.4, 0.5) is 0 Å². The zero-order valence-electron chi connectivity index (χ0n) is 17.1. The van der Waals surface area contributed by atoms with Crippen LogP contribution in [0.1, 0.15) is 28.6 Å². The van der Waals surface area contributed by atoms with Crippen LogP contribution < -0.4 is 0 Å². The first-order valence-electron chi connectivity index (χ1n) is 10.1. The highest BCUT2D eigenvalue weighted by molar-refractivity contribution is 9.10. The van der Waals surface area contributed by atoms with Crippen LogP contribution in [0.25, 0.3) is 16.7 Å². The predicted molar refractivity (Wildman–Crippen MR) is 124 cm³/mol. The van der Waals surface area contributed by atoms with E-state index < -0.39 is 17.7 Å². The third-order valence-corrected chi connectivity index (χ3v) is 6.31. The number of nitrogens with one attached hydrogen (secondary N) is 1. The number of hydrogen-bond donors (Lipinski definition) is 2. The molecule has 1 aliphatic rings. The molecule has 3 heterocycles. The van der Waals surface area contributed by atoms with Crippen molar-refractivity contribution in [3.63, 3.8) is 0 Å². The number of fused-ring (bicyclic) bond motifs is 1. The van der Waals surface area contributed by atoms with E-state index in [1.807, 2.05) is 31.2 Å². The summed E-state index contributed by atoms with van der Waals surface area (Å²) in [6, 6.07) is 17.4. The lowest BCUT2D eigenvalue weighted by Gasteiger charge is -2.25. The summed E-state index contributed by atoms with van der Waals surface area (Å²) in [4.78, 5) is 31.2.